The predicted octanol–water partition coefficient (Wildman–Crippen LogP) is 5.65. The lowest BCUT2D eigenvalue weighted by molar-refractivity contribution is -0.132. The second kappa shape index (κ2) is 10.2. The molecule has 1 N–H and O–H groups in total. The summed E-state index contributed by atoms with van der Waals surface area (Å²) in [5.41, 5.74) is 1.71. The zero-order valence-corrected chi connectivity index (χ0v) is 20.9. The number of esters is 1. The second-order valence-corrected chi connectivity index (χ2v) is 8.74. The molecule has 5 rings (SSSR count). The number of Topliss-reactive ketones (excluding diaryl/α,β-unsaturated/α-hetero) is 1. The largest absolute Gasteiger partial charge is 0.507 e. The average Bonchev–Trinajstić information content (AvgIpc) is 3.22. The molecule has 38 heavy (non-hydrogen) atoms. The lowest BCUT2D eigenvalue weighted by Gasteiger charge is -2.26. The van der Waals surface area contributed by atoms with Crippen LogP contribution >= 0.6 is 0 Å². The van der Waals surface area contributed by atoms with Crippen LogP contribution in [0.15, 0.2) is 96.6 Å². The zero-order valence-electron chi connectivity index (χ0n) is 20.9. The Kier molecular flexibility index (Phi) is 6.66. The molecular formula is C31H25NO6. The first kappa shape index (κ1) is 24.8. The molecule has 1 saturated heterocycles. The number of ketones is 1. The van der Waals surface area contributed by atoms with Gasteiger partial charge in [0, 0.05) is 11.3 Å². The summed E-state index contributed by atoms with van der Waals surface area (Å²) in [6, 6.07) is 25.3. The predicted molar refractivity (Wildman–Crippen MR) is 144 cm³/mol. The van der Waals surface area contributed by atoms with Crippen LogP contribution in [0, 0.1) is 0 Å². The molecule has 0 spiro atoms. The summed E-state index contributed by atoms with van der Waals surface area (Å²) in [5, 5.41) is 13.2. The van der Waals surface area contributed by atoms with Gasteiger partial charge in [-0.25, -0.2) is 4.79 Å². The highest BCUT2D eigenvalue weighted by molar-refractivity contribution is 6.51. The Bertz CT molecular complexity index is 1580. The van der Waals surface area contributed by atoms with Crippen LogP contribution in [0.3, 0.4) is 0 Å². The topological polar surface area (TPSA) is 93.1 Å². The maximum Gasteiger partial charge on any atom is 0.338 e. The van der Waals surface area contributed by atoms with E-state index in [1.165, 1.54) is 12.0 Å². The van der Waals surface area contributed by atoms with Gasteiger partial charge >= 0.3 is 5.97 Å². The van der Waals surface area contributed by atoms with Crippen molar-refractivity contribution in [3.63, 3.8) is 0 Å². The van der Waals surface area contributed by atoms with E-state index in [9.17, 15) is 19.5 Å². The molecule has 190 valence electrons. The Hall–Kier alpha value is -4.91. The summed E-state index contributed by atoms with van der Waals surface area (Å²) >= 11 is 0. The number of carbonyl (C=O) groups is 3. The average molecular weight is 508 g/mol. The molecule has 0 aliphatic carbocycles. The van der Waals surface area contributed by atoms with Gasteiger partial charge in [-0.3, -0.25) is 14.5 Å². The van der Waals surface area contributed by atoms with Crippen molar-refractivity contribution in [3.8, 4) is 5.75 Å². The summed E-state index contributed by atoms with van der Waals surface area (Å²) < 4.78 is 10.4. The van der Waals surface area contributed by atoms with Gasteiger partial charge in [-0.2, -0.15) is 0 Å². The zero-order chi connectivity index (χ0) is 26.8. The van der Waals surface area contributed by atoms with Gasteiger partial charge in [0.25, 0.3) is 11.7 Å². The van der Waals surface area contributed by atoms with Crippen LogP contribution in [0.25, 0.3) is 16.5 Å². The second-order valence-electron chi connectivity index (χ2n) is 8.74. The number of aliphatic hydroxyl groups is 1. The number of rotatable bonds is 6. The van der Waals surface area contributed by atoms with Crippen molar-refractivity contribution in [2.45, 2.75) is 13.0 Å². The van der Waals surface area contributed by atoms with Gasteiger partial charge in [-0.05, 0) is 59.7 Å². The first-order valence-corrected chi connectivity index (χ1v) is 12.1. The van der Waals surface area contributed by atoms with E-state index < -0.39 is 23.7 Å². The van der Waals surface area contributed by atoms with Crippen molar-refractivity contribution in [1.82, 2.24) is 0 Å². The highest BCUT2D eigenvalue weighted by Crippen LogP contribution is 2.43. The molecule has 0 bridgehead atoms. The van der Waals surface area contributed by atoms with Crippen LogP contribution in [0.2, 0.25) is 0 Å². The Labute approximate surface area is 219 Å². The standard InChI is InChI=1S/C31H25NO6/c1-3-38-31(36)20-14-16-22(17-15-20)32-27(21-10-6-11-23(18-21)37-2)26(29(34)30(32)35)28(33)25-13-7-9-19-8-4-5-12-24(19)25/h4-18,27,33H,3H2,1-2H3/b28-26-. The van der Waals surface area contributed by atoms with Crippen molar-refractivity contribution in [3.05, 3.63) is 113 Å². The molecule has 1 heterocycles. The molecule has 7 nitrogen and oxygen atoms in total. The minimum Gasteiger partial charge on any atom is -0.507 e. The van der Waals surface area contributed by atoms with Crippen molar-refractivity contribution < 1.29 is 29.0 Å². The van der Waals surface area contributed by atoms with Crippen molar-refractivity contribution in [1.29, 1.82) is 0 Å². The molecular weight excluding hydrogens is 482 g/mol. The summed E-state index contributed by atoms with van der Waals surface area (Å²) in [6.07, 6.45) is 0. The lowest BCUT2D eigenvalue weighted by atomic mass is 9.93. The smallest absolute Gasteiger partial charge is 0.338 e. The van der Waals surface area contributed by atoms with Crippen LogP contribution < -0.4 is 9.64 Å². The molecule has 1 aliphatic rings. The van der Waals surface area contributed by atoms with E-state index in [-0.39, 0.29) is 17.9 Å². The van der Waals surface area contributed by atoms with Crippen LogP contribution in [0.4, 0.5) is 5.69 Å². The van der Waals surface area contributed by atoms with E-state index in [2.05, 4.69) is 0 Å². The van der Waals surface area contributed by atoms with Gasteiger partial charge in [0.2, 0.25) is 0 Å². The first-order valence-electron chi connectivity index (χ1n) is 12.1. The van der Waals surface area contributed by atoms with Crippen LogP contribution in [-0.4, -0.2) is 36.5 Å². The highest BCUT2D eigenvalue weighted by Gasteiger charge is 2.47. The van der Waals surface area contributed by atoms with E-state index in [0.717, 1.165) is 10.8 Å². The fourth-order valence-corrected chi connectivity index (χ4v) is 4.78. The number of aliphatic hydroxyl groups excluding tert-OH is 1. The Morgan fingerprint density at radius 1 is 0.921 bits per heavy atom. The molecule has 1 unspecified atom stereocenters. The highest BCUT2D eigenvalue weighted by atomic mass is 16.5. The van der Waals surface area contributed by atoms with Crippen LogP contribution in [0.1, 0.15) is 34.5 Å². The number of carbonyl (C=O) groups excluding carboxylic acids is 3. The van der Waals surface area contributed by atoms with Crippen LogP contribution in [0.5, 0.6) is 5.75 Å². The number of ether oxygens (including phenoxy) is 2. The summed E-state index contributed by atoms with van der Waals surface area (Å²) in [4.78, 5) is 40.5. The maximum absolute atomic E-state index is 13.5. The quantitative estimate of drug-likeness (QED) is 0.157. The van der Waals surface area contributed by atoms with E-state index in [4.69, 9.17) is 9.47 Å². The van der Waals surface area contributed by atoms with Gasteiger partial charge < -0.3 is 14.6 Å². The fourth-order valence-electron chi connectivity index (χ4n) is 4.78. The molecule has 1 amide bonds. The van der Waals surface area contributed by atoms with E-state index in [1.807, 2.05) is 30.3 Å². The lowest BCUT2D eigenvalue weighted by Crippen LogP contribution is -2.29. The molecule has 4 aromatic rings. The van der Waals surface area contributed by atoms with Gasteiger partial charge in [-0.1, -0.05) is 54.6 Å². The van der Waals surface area contributed by atoms with Gasteiger partial charge in [0.1, 0.15) is 11.5 Å². The fraction of sp³-hybridized carbons (Fsp3) is 0.129. The summed E-state index contributed by atoms with van der Waals surface area (Å²) in [5.74, 6) is -1.81. The Morgan fingerprint density at radius 2 is 1.63 bits per heavy atom. The minimum absolute atomic E-state index is 0.0333. The number of amides is 1. The number of fused-ring (bicyclic) bond motifs is 1. The number of anilines is 1. The molecule has 1 aliphatic heterocycles. The first-order chi connectivity index (χ1) is 18.4. The number of benzene rings is 4. The Balaban J connectivity index is 1.70. The van der Waals surface area contributed by atoms with Crippen molar-refractivity contribution >= 4 is 39.9 Å². The van der Waals surface area contributed by atoms with Gasteiger partial charge in [0.05, 0.1) is 30.9 Å². The molecule has 0 aromatic heterocycles. The maximum atomic E-state index is 13.5. The Morgan fingerprint density at radius 3 is 2.37 bits per heavy atom. The number of hydrogen-bond donors (Lipinski definition) is 1. The molecule has 7 heteroatoms. The van der Waals surface area contributed by atoms with Crippen molar-refractivity contribution in [2.24, 2.45) is 0 Å². The minimum atomic E-state index is -0.933. The molecule has 1 atom stereocenters. The van der Waals surface area contributed by atoms with Crippen molar-refractivity contribution in [2.75, 3.05) is 18.6 Å². The third-order valence-corrected chi connectivity index (χ3v) is 6.56. The summed E-state index contributed by atoms with van der Waals surface area (Å²) in [7, 11) is 1.53. The molecule has 4 aromatic carbocycles. The molecule has 1 fully saturated rings. The van der Waals surface area contributed by atoms with E-state index in [1.54, 1.807) is 67.6 Å². The SMILES string of the molecule is CCOC(=O)c1ccc(N2C(=O)C(=O)/C(=C(\O)c3cccc4ccccc34)C2c2cccc(OC)c2)cc1. The summed E-state index contributed by atoms with van der Waals surface area (Å²) in [6.45, 7) is 1.95. The number of hydrogen-bond acceptors (Lipinski definition) is 6. The molecule has 0 saturated carbocycles. The third kappa shape index (κ3) is 4.28. The normalized spacial score (nSPS) is 16.6. The van der Waals surface area contributed by atoms with Gasteiger partial charge in [-0.15, -0.1) is 0 Å². The number of nitrogens with zero attached hydrogens (tertiary/aromatic N) is 1. The monoisotopic (exact) mass is 507 g/mol. The van der Waals surface area contributed by atoms with Crippen LogP contribution in [-0.2, 0) is 14.3 Å². The van der Waals surface area contributed by atoms with E-state index >= 15 is 0 Å². The third-order valence-electron chi connectivity index (χ3n) is 6.56. The van der Waals surface area contributed by atoms with Gasteiger partial charge in [0.15, 0.2) is 0 Å². The van der Waals surface area contributed by atoms with E-state index in [0.29, 0.717) is 28.1 Å². The molecule has 0 radical (unpaired) electrons. The number of methoxy groups -OCH3 is 1.